The lowest BCUT2D eigenvalue weighted by molar-refractivity contribution is -0.113. The summed E-state index contributed by atoms with van der Waals surface area (Å²) in [5, 5.41) is 15.5. The minimum absolute atomic E-state index is 0.114. The van der Waals surface area contributed by atoms with Gasteiger partial charge in [0.05, 0.1) is 17.1 Å². The fourth-order valence-corrected chi connectivity index (χ4v) is 4.22. The second-order valence-electron chi connectivity index (χ2n) is 6.44. The predicted octanol–water partition coefficient (Wildman–Crippen LogP) is 4.39. The lowest BCUT2D eigenvalue weighted by Crippen LogP contribution is -2.15. The molecular formula is C19H20BrN5OS. The van der Waals surface area contributed by atoms with Crippen LogP contribution in [0.2, 0.25) is 0 Å². The first-order valence-electron chi connectivity index (χ1n) is 8.40. The van der Waals surface area contributed by atoms with E-state index in [1.54, 1.807) is 4.68 Å². The van der Waals surface area contributed by atoms with Crippen LogP contribution >= 0.6 is 27.7 Å². The maximum Gasteiger partial charge on any atom is 0.234 e. The fraction of sp³-hybridized carbons (Fsp3) is 0.263. The van der Waals surface area contributed by atoms with Gasteiger partial charge in [0, 0.05) is 4.47 Å². The Balaban J connectivity index is 1.73. The molecule has 0 saturated carbocycles. The molecule has 8 heteroatoms. The number of thioether (sulfide) groups is 1. The molecule has 0 spiro atoms. The average Bonchev–Trinajstić information content (AvgIpc) is 3.03. The van der Waals surface area contributed by atoms with Gasteiger partial charge in [0.2, 0.25) is 11.1 Å². The van der Waals surface area contributed by atoms with Gasteiger partial charge in [-0.3, -0.25) is 4.79 Å². The molecule has 3 rings (SSSR count). The van der Waals surface area contributed by atoms with E-state index < -0.39 is 0 Å². The maximum atomic E-state index is 12.3. The van der Waals surface area contributed by atoms with E-state index in [0.29, 0.717) is 5.16 Å². The van der Waals surface area contributed by atoms with Crippen LogP contribution in [0.15, 0.2) is 40.0 Å². The Morgan fingerprint density at radius 1 is 1.11 bits per heavy atom. The Labute approximate surface area is 170 Å². The number of aryl methyl sites for hydroxylation is 4. The van der Waals surface area contributed by atoms with Crippen molar-refractivity contribution in [2.24, 2.45) is 0 Å². The van der Waals surface area contributed by atoms with Gasteiger partial charge in [-0.25, -0.2) is 0 Å². The quantitative estimate of drug-likeness (QED) is 0.589. The minimum Gasteiger partial charge on any atom is -0.324 e. The van der Waals surface area contributed by atoms with E-state index in [0.717, 1.165) is 32.5 Å². The SMILES string of the molecule is Cc1cc(C)c(-n2nnnc2SCC(=O)Nc2ccc(C)cc2Br)c(C)c1. The Morgan fingerprint density at radius 3 is 2.48 bits per heavy atom. The van der Waals surface area contributed by atoms with Gasteiger partial charge in [-0.15, -0.1) is 5.10 Å². The van der Waals surface area contributed by atoms with Crippen LogP contribution in [-0.2, 0) is 4.79 Å². The zero-order valence-electron chi connectivity index (χ0n) is 15.6. The number of nitrogens with zero attached hydrogens (tertiary/aromatic N) is 4. The first-order chi connectivity index (χ1) is 12.8. The molecule has 140 valence electrons. The summed E-state index contributed by atoms with van der Waals surface area (Å²) in [6, 6.07) is 9.99. The highest BCUT2D eigenvalue weighted by atomic mass is 79.9. The van der Waals surface area contributed by atoms with Gasteiger partial charge in [0.15, 0.2) is 0 Å². The van der Waals surface area contributed by atoms with Crippen LogP contribution in [0.3, 0.4) is 0 Å². The number of nitrogens with one attached hydrogen (secondary N) is 1. The van der Waals surface area contributed by atoms with Crippen molar-refractivity contribution in [1.82, 2.24) is 20.2 Å². The standard InChI is InChI=1S/C19H20BrN5OS/c1-11-5-6-16(15(20)9-11)21-17(26)10-27-19-22-23-24-25(19)18-13(3)7-12(2)8-14(18)4/h5-9H,10H2,1-4H3,(H,21,26). The molecular weight excluding hydrogens is 426 g/mol. The highest BCUT2D eigenvalue weighted by Gasteiger charge is 2.15. The van der Waals surface area contributed by atoms with Crippen molar-refractivity contribution >= 4 is 39.3 Å². The number of tetrazole rings is 1. The van der Waals surface area contributed by atoms with Crippen molar-refractivity contribution in [1.29, 1.82) is 0 Å². The van der Waals surface area contributed by atoms with Gasteiger partial charge >= 0.3 is 0 Å². The Kier molecular flexibility index (Phi) is 5.96. The summed E-state index contributed by atoms with van der Waals surface area (Å²) in [7, 11) is 0. The van der Waals surface area contributed by atoms with Crippen LogP contribution < -0.4 is 5.32 Å². The molecule has 0 fully saturated rings. The number of carbonyl (C=O) groups is 1. The number of rotatable bonds is 5. The molecule has 3 aromatic rings. The van der Waals surface area contributed by atoms with Gasteiger partial charge in [-0.2, -0.15) is 4.68 Å². The van der Waals surface area contributed by atoms with Crippen LogP contribution in [0.1, 0.15) is 22.3 Å². The monoisotopic (exact) mass is 445 g/mol. The molecule has 0 bridgehead atoms. The smallest absolute Gasteiger partial charge is 0.234 e. The van der Waals surface area contributed by atoms with Crippen LogP contribution in [0.4, 0.5) is 5.69 Å². The molecule has 0 atom stereocenters. The molecule has 0 unspecified atom stereocenters. The first kappa shape index (κ1) is 19.6. The Hall–Kier alpha value is -2.19. The summed E-state index contributed by atoms with van der Waals surface area (Å²) in [5.41, 5.74) is 6.20. The fourth-order valence-electron chi connectivity index (χ4n) is 2.95. The van der Waals surface area contributed by atoms with E-state index in [2.05, 4.69) is 55.8 Å². The third kappa shape index (κ3) is 4.56. The van der Waals surface area contributed by atoms with E-state index in [-0.39, 0.29) is 11.7 Å². The molecule has 2 aromatic carbocycles. The number of anilines is 1. The molecule has 0 radical (unpaired) electrons. The number of benzene rings is 2. The molecule has 1 N–H and O–H groups in total. The van der Waals surface area contributed by atoms with Gasteiger partial charge in [0.25, 0.3) is 0 Å². The lowest BCUT2D eigenvalue weighted by atomic mass is 10.1. The third-order valence-corrected chi connectivity index (χ3v) is 5.59. The van der Waals surface area contributed by atoms with Crippen LogP contribution in [0.25, 0.3) is 5.69 Å². The number of aromatic nitrogens is 4. The molecule has 0 aliphatic rings. The largest absolute Gasteiger partial charge is 0.324 e. The summed E-state index contributed by atoms with van der Waals surface area (Å²) < 4.78 is 2.56. The first-order valence-corrected chi connectivity index (χ1v) is 10.2. The predicted molar refractivity (Wildman–Crippen MR) is 112 cm³/mol. The summed E-state index contributed by atoms with van der Waals surface area (Å²) >= 11 is 4.78. The van der Waals surface area contributed by atoms with Crippen molar-refractivity contribution in [2.45, 2.75) is 32.9 Å². The number of hydrogen-bond acceptors (Lipinski definition) is 5. The second kappa shape index (κ2) is 8.22. The summed E-state index contributed by atoms with van der Waals surface area (Å²) in [6.45, 7) is 8.13. The van der Waals surface area contributed by atoms with Crippen LogP contribution in [0, 0.1) is 27.7 Å². The topological polar surface area (TPSA) is 72.7 Å². The molecule has 0 aliphatic carbocycles. The molecule has 1 aromatic heterocycles. The van der Waals surface area contributed by atoms with Crippen molar-refractivity contribution in [3.8, 4) is 5.69 Å². The van der Waals surface area contributed by atoms with Crippen molar-refractivity contribution in [3.63, 3.8) is 0 Å². The summed E-state index contributed by atoms with van der Waals surface area (Å²) in [5.74, 6) is 0.0985. The molecule has 6 nitrogen and oxygen atoms in total. The summed E-state index contributed by atoms with van der Waals surface area (Å²) in [6.07, 6.45) is 0. The number of amides is 1. The van der Waals surface area contributed by atoms with E-state index in [1.165, 1.54) is 17.3 Å². The number of halogens is 1. The highest BCUT2D eigenvalue weighted by molar-refractivity contribution is 9.10. The van der Waals surface area contributed by atoms with Gasteiger partial charge in [-0.1, -0.05) is 35.5 Å². The Bertz CT molecular complexity index is 979. The van der Waals surface area contributed by atoms with Gasteiger partial charge < -0.3 is 5.32 Å². The zero-order chi connectivity index (χ0) is 19.6. The van der Waals surface area contributed by atoms with Crippen molar-refractivity contribution in [3.05, 3.63) is 57.1 Å². The zero-order valence-corrected chi connectivity index (χ0v) is 18.0. The minimum atomic E-state index is -0.114. The Morgan fingerprint density at radius 2 is 1.81 bits per heavy atom. The average molecular weight is 446 g/mol. The molecule has 27 heavy (non-hydrogen) atoms. The van der Waals surface area contributed by atoms with E-state index >= 15 is 0 Å². The lowest BCUT2D eigenvalue weighted by Gasteiger charge is -2.12. The number of hydrogen-bond donors (Lipinski definition) is 1. The molecule has 1 heterocycles. The van der Waals surface area contributed by atoms with Crippen molar-refractivity contribution in [2.75, 3.05) is 11.1 Å². The highest BCUT2D eigenvalue weighted by Crippen LogP contribution is 2.26. The molecule has 1 amide bonds. The van der Waals surface area contributed by atoms with E-state index in [9.17, 15) is 4.79 Å². The third-order valence-electron chi connectivity index (χ3n) is 4.02. The van der Waals surface area contributed by atoms with E-state index in [1.807, 2.05) is 39.0 Å². The summed E-state index contributed by atoms with van der Waals surface area (Å²) in [4.78, 5) is 12.3. The molecule has 0 aliphatic heterocycles. The van der Waals surface area contributed by atoms with E-state index in [4.69, 9.17) is 0 Å². The van der Waals surface area contributed by atoms with Crippen LogP contribution in [0.5, 0.6) is 0 Å². The van der Waals surface area contributed by atoms with Gasteiger partial charge in [-0.05, 0) is 82.9 Å². The van der Waals surface area contributed by atoms with Gasteiger partial charge in [0.1, 0.15) is 0 Å². The maximum absolute atomic E-state index is 12.3. The number of carbonyl (C=O) groups excluding carboxylic acids is 1. The molecule has 0 saturated heterocycles. The second-order valence-corrected chi connectivity index (χ2v) is 8.24. The van der Waals surface area contributed by atoms with Crippen LogP contribution in [-0.4, -0.2) is 31.9 Å². The van der Waals surface area contributed by atoms with Crippen molar-refractivity contribution < 1.29 is 4.79 Å². The normalized spacial score (nSPS) is 10.9.